The summed E-state index contributed by atoms with van der Waals surface area (Å²) in [4.78, 5) is 11.8. The first kappa shape index (κ1) is 12.3. The lowest BCUT2D eigenvalue weighted by molar-refractivity contribution is -0.147. The highest BCUT2D eigenvalue weighted by Crippen LogP contribution is 2.50. The van der Waals surface area contributed by atoms with E-state index in [-0.39, 0.29) is 11.4 Å². The average Bonchev–Trinajstić information content (AvgIpc) is 3.22. The fourth-order valence-electron chi connectivity index (χ4n) is 2.53. The molecule has 4 nitrogen and oxygen atoms in total. The molecule has 0 atom stereocenters. The highest BCUT2D eigenvalue weighted by molar-refractivity contribution is 5.80. The fraction of sp³-hybridized carbons (Fsp3) is 0.533. The highest BCUT2D eigenvalue weighted by Gasteiger charge is 2.50. The Bertz CT molecular complexity index is 491. The molecule has 0 saturated heterocycles. The molecule has 0 radical (unpaired) electrons. The van der Waals surface area contributed by atoms with Crippen molar-refractivity contribution in [2.75, 3.05) is 20.3 Å². The van der Waals surface area contributed by atoms with Gasteiger partial charge in [-0.05, 0) is 37.0 Å². The highest BCUT2D eigenvalue weighted by atomic mass is 16.5. The van der Waals surface area contributed by atoms with Crippen LogP contribution in [-0.2, 0) is 16.0 Å². The first-order valence-corrected chi connectivity index (χ1v) is 6.70. The van der Waals surface area contributed by atoms with Crippen LogP contribution >= 0.6 is 0 Å². The van der Waals surface area contributed by atoms with Crippen LogP contribution in [0.2, 0.25) is 0 Å². The summed E-state index contributed by atoms with van der Waals surface area (Å²) in [6, 6.07) is 5.93. The van der Waals surface area contributed by atoms with Gasteiger partial charge in [0.15, 0.2) is 11.5 Å². The van der Waals surface area contributed by atoms with E-state index >= 15 is 0 Å². The van der Waals surface area contributed by atoms with Crippen LogP contribution in [0.3, 0.4) is 0 Å². The van der Waals surface area contributed by atoms with Crippen LogP contribution < -0.4 is 9.47 Å². The molecule has 1 aliphatic carbocycles. The second-order valence-electron chi connectivity index (χ2n) is 5.28. The third-order valence-corrected chi connectivity index (χ3v) is 3.83. The van der Waals surface area contributed by atoms with Crippen molar-refractivity contribution in [2.24, 2.45) is 5.41 Å². The molecule has 0 spiro atoms. The number of fused-ring (bicyclic) bond motifs is 1. The van der Waals surface area contributed by atoms with Crippen LogP contribution in [0, 0.1) is 5.41 Å². The van der Waals surface area contributed by atoms with E-state index in [9.17, 15) is 4.79 Å². The van der Waals surface area contributed by atoms with Gasteiger partial charge in [-0.25, -0.2) is 0 Å². The van der Waals surface area contributed by atoms with Gasteiger partial charge in [0.05, 0.1) is 25.7 Å². The van der Waals surface area contributed by atoms with Crippen LogP contribution in [0.1, 0.15) is 24.8 Å². The number of carbonyl (C=O) groups excluding carboxylic acids is 1. The van der Waals surface area contributed by atoms with Gasteiger partial charge in [0.2, 0.25) is 0 Å². The largest absolute Gasteiger partial charge is 0.490 e. The molecular formula is C15H18O4. The molecule has 1 aliphatic heterocycles. The molecule has 0 unspecified atom stereocenters. The van der Waals surface area contributed by atoms with E-state index in [1.165, 1.54) is 7.11 Å². The number of methoxy groups -OCH3 is 1. The fourth-order valence-corrected chi connectivity index (χ4v) is 2.53. The molecular weight excluding hydrogens is 244 g/mol. The number of benzene rings is 1. The van der Waals surface area contributed by atoms with Gasteiger partial charge in [-0.1, -0.05) is 6.07 Å². The molecule has 1 fully saturated rings. The smallest absolute Gasteiger partial charge is 0.312 e. The first-order valence-electron chi connectivity index (χ1n) is 6.70. The van der Waals surface area contributed by atoms with Crippen molar-refractivity contribution in [3.05, 3.63) is 23.8 Å². The maximum Gasteiger partial charge on any atom is 0.312 e. The number of carbonyl (C=O) groups is 1. The minimum absolute atomic E-state index is 0.0976. The minimum Gasteiger partial charge on any atom is -0.490 e. The normalized spacial score (nSPS) is 19.4. The van der Waals surface area contributed by atoms with Gasteiger partial charge in [0, 0.05) is 6.42 Å². The van der Waals surface area contributed by atoms with Crippen LogP contribution in [0.5, 0.6) is 11.5 Å². The number of esters is 1. The van der Waals surface area contributed by atoms with E-state index in [1.54, 1.807) is 0 Å². The van der Waals surface area contributed by atoms with Crippen molar-refractivity contribution in [1.29, 1.82) is 0 Å². The van der Waals surface area contributed by atoms with Gasteiger partial charge in [0.1, 0.15) is 0 Å². The molecule has 0 amide bonds. The van der Waals surface area contributed by atoms with Crippen LogP contribution in [0.15, 0.2) is 18.2 Å². The van der Waals surface area contributed by atoms with Crippen molar-refractivity contribution < 1.29 is 19.0 Å². The van der Waals surface area contributed by atoms with E-state index in [0.717, 1.165) is 42.7 Å². The summed E-state index contributed by atoms with van der Waals surface area (Å²) in [5.41, 5.74) is 0.807. The van der Waals surface area contributed by atoms with Crippen LogP contribution in [-0.4, -0.2) is 26.3 Å². The van der Waals surface area contributed by atoms with E-state index in [1.807, 2.05) is 18.2 Å². The topological polar surface area (TPSA) is 44.8 Å². The number of hydrogen-bond acceptors (Lipinski definition) is 4. The summed E-state index contributed by atoms with van der Waals surface area (Å²) in [5, 5.41) is 0. The Kier molecular flexibility index (Phi) is 3.09. The minimum atomic E-state index is -0.297. The molecule has 0 bridgehead atoms. The van der Waals surface area contributed by atoms with Crippen LogP contribution in [0.25, 0.3) is 0 Å². The third-order valence-electron chi connectivity index (χ3n) is 3.83. The van der Waals surface area contributed by atoms with Crippen molar-refractivity contribution in [1.82, 2.24) is 0 Å². The van der Waals surface area contributed by atoms with E-state index < -0.39 is 0 Å². The molecule has 0 N–H and O–H groups in total. The van der Waals surface area contributed by atoms with Gasteiger partial charge in [-0.3, -0.25) is 4.79 Å². The molecule has 1 saturated carbocycles. The van der Waals surface area contributed by atoms with Gasteiger partial charge in [-0.15, -0.1) is 0 Å². The van der Waals surface area contributed by atoms with Gasteiger partial charge < -0.3 is 14.2 Å². The molecule has 1 aromatic rings. The zero-order chi connectivity index (χ0) is 13.3. The summed E-state index contributed by atoms with van der Waals surface area (Å²) >= 11 is 0. The van der Waals surface area contributed by atoms with E-state index in [0.29, 0.717) is 13.2 Å². The molecule has 19 heavy (non-hydrogen) atoms. The van der Waals surface area contributed by atoms with Crippen molar-refractivity contribution >= 4 is 5.97 Å². The Hall–Kier alpha value is -1.71. The molecule has 1 heterocycles. The Morgan fingerprint density at radius 1 is 1.26 bits per heavy atom. The van der Waals surface area contributed by atoms with Gasteiger partial charge >= 0.3 is 5.97 Å². The molecule has 1 aromatic carbocycles. The summed E-state index contributed by atoms with van der Waals surface area (Å²) in [6.45, 7) is 1.37. The molecule has 4 heteroatoms. The first-order chi connectivity index (χ1) is 9.23. The Labute approximate surface area is 112 Å². The summed E-state index contributed by atoms with van der Waals surface area (Å²) in [7, 11) is 1.45. The predicted octanol–water partition coefficient (Wildman–Crippen LogP) is 2.34. The molecule has 102 valence electrons. The van der Waals surface area contributed by atoms with Crippen molar-refractivity contribution in [3.63, 3.8) is 0 Å². The average molecular weight is 262 g/mol. The summed E-state index contributed by atoms with van der Waals surface area (Å²) < 4.78 is 16.2. The van der Waals surface area contributed by atoms with Crippen molar-refractivity contribution in [2.45, 2.75) is 25.7 Å². The van der Waals surface area contributed by atoms with Crippen molar-refractivity contribution in [3.8, 4) is 11.5 Å². The molecule has 0 aromatic heterocycles. The van der Waals surface area contributed by atoms with E-state index in [4.69, 9.17) is 14.2 Å². The van der Waals surface area contributed by atoms with E-state index in [2.05, 4.69) is 0 Å². The Morgan fingerprint density at radius 3 is 2.68 bits per heavy atom. The SMILES string of the molecule is COC(=O)C1(Cc2ccc3c(c2)OCCCO3)CC1. The zero-order valence-corrected chi connectivity index (χ0v) is 11.1. The van der Waals surface area contributed by atoms with Gasteiger partial charge in [0.25, 0.3) is 0 Å². The maximum absolute atomic E-state index is 11.8. The van der Waals surface area contributed by atoms with Crippen LogP contribution in [0.4, 0.5) is 0 Å². The molecule has 2 aliphatic rings. The van der Waals surface area contributed by atoms with Gasteiger partial charge in [-0.2, -0.15) is 0 Å². The standard InChI is InChI=1S/C15H18O4/c1-17-14(16)15(5-6-15)10-11-3-4-12-13(9-11)19-8-2-7-18-12/h3-4,9H,2,5-8,10H2,1H3. The molecule has 3 rings (SSSR count). The quantitative estimate of drug-likeness (QED) is 0.784. The predicted molar refractivity (Wildman–Crippen MR) is 69.4 cm³/mol. The summed E-state index contributed by atoms with van der Waals surface area (Å²) in [5.74, 6) is 1.49. The Morgan fingerprint density at radius 2 is 2.00 bits per heavy atom. The number of hydrogen-bond donors (Lipinski definition) is 0. The Balaban J connectivity index is 1.79. The third kappa shape index (κ3) is 2.39. The zero-order valence-electron chi connectivity index (χ0n) is 11.1. The monoisotopic (exact) mass is 262 g/mol. The maximum atomic E-state index is 11.8. The number of rotatable bonds is 3. The lowest BCUT2D eigenvalue weighted by Crippen LogP contribution is -2.20. The summed E-state index contributed by atoms with van der Waals surface area (Å²) in [6.07, 6.45) is 3.44. The lowest BCUT2D eigenvalue weighted by atomic mass is 9.96. The second kappa shape index (κ2) is 4.76. The number of ether oxygens (including phenoxy) is 3. The lowest BCUT2D eigenvalue weighted by Gasteiger charge is -2.14. The second-order valence-corrected chi connectivity index (χ2v) is 5.28.